The zero-order chi connectivity index (χ0) is 23.4. The van der Waals surface area contributed by atoms with Crippen LogP contribution in [0.1, 0.15) is 53.0 Å². The van der Waals surface area contributed by atoms with Crippen LogP contribution in [0.4, 0.5) is 0 Å². The standard InChI is InChI=1S/C25H33N3O4S/c1-17-23(10-11-24(29)31-3)18(2)28(26-17)20-8-6-19(7-9-20)25(30)27(21-12-14-33-16-21)15-22-5-4-13-32-22/h6-9,21-22H,4-5,10-16H2,1-3H3. The minimum Gasteiger partial charge on any atom is -0.469 e. The number of esters is 1. The van der Waals surface area contributed by atoms with Crippen molar-refractivity contribution in [2.24, 2.45) is 0 Å². The van der Waals surface area contributed by atoms with Crippen LogP contribution in [-0.4, -0.2) is 70.5 Å². The molecule has 0 radical (unpaired) electrons. The smallest absolute Gasteiger partial charge is 0.305 e. The number of nitrogens with zero attached hydrogens (tertiary/aromatic N) is 3. The van der Waals surface area contributed by atoms with Crippen molar-refractivity contribution in [3.05, 3.63) is 46.8 Å². The molecule has 2 atom stereocenters. The molecule has 3 heterocycles. The molecule has 2 saturated heterocycles. The molecule has 8 heteroatoms. The molecule has 2 fully saturated rings. The summed E-state index contributed by atoms with van der Waals surface area (Å²) < 4.78 is 12.5. The number of thioether (sulfide) groups is 1. The third kappa shape index (κ3) is 5.44. The van der Waals surface area contributed by atoms with Crippen molar-refractivity contribution in [3.63, 3.8) is 0 Å². The third-order valence-corrected chi connectivity index (χ3v) is 7.78. The van der Waals surface area contributed by atoms with E-state index in [-0.39, 0.29) is 24.0 Å². The van der Waals surface area contributed by atoms with E-state index in [1.54, 1.807) is 0 Å². The van der Waals surface area contributed by atoms with Crippen molar-refractivity contribution in [1.82, 2.24) is 14.7 Å². The number of aryl methyl sites for hydroxylation is 1. The number of methoxy groups -OCH3 is 1. The molecule has 0 bridgehead atoms. The number of hydrogen-bond acceptors (Lipinski definition) is 6. The average Bonchev–Trinajstić information content (AvgIpc) is 3.59. The molecule has 1 aromatic heterocycles. The highest BCUT2D eigenvalue weighted by atomic mass is 32.2. The van der Waals surface area contributed by atoms with E-state index in [0.29, 0.717) is 24.9 Å². The first-order chi connectivity index (χ1) is 16.0. The minimum absolute atomic E-state index is 0.0803. The monoisotopic (exact) mass is 471 g/mol. The molecule has 2 aromatic rings. The molecule has 1 amide bonds. The van der Waals surface area contributed by atoms with Gasteiger partial charge in [0, 0.05) is 42.6 Å². The lowest BCUT2D eigenvalue weighted by atomic mass is 10.1. The van der Waals surface area contributed by atoms with Gasteiger partial charge in [0.05, 0.1) is 24.6 Å². The van der Waals surface area contributed by atoms with Gasteiger partial charge in [0.15, 0.2) is 0 Å². The van der Waals surface area contributed by atoms with Gasteiger partial charge in [0.2, 0.25) is 0 Å². The second-order valence-corrected chi connectivity index (χ2v) is 9.94. The van der Waals surface area contributed by atoms with E-state index in [1.807, 2.05) is 59.5 Å². The summed E-state index contributed by atoms with van der Waals surface area (Å²) in [5.41, 5.74) is 4.55. The molecule has 0 saturated carbocycles. The molecule has 0 N–H and O–H groups in total. The first-order valence-corrected chi connectivity index (χ1v) is 12.9. The van der Waals surface area contributed by atoms with Crippen molar-refractivity contribution < 1.29 is 19.1 Å². The van der Waals surface area contributed by atoms with E-state index < -0.39 is 0 Å². The van der Waals surface area contributed by atoms with Crippen molar-refractivity contribution >= 4 is 23.6 Å². The Bertz CT molecular complexity index is 976. The van der Waals surface area contributed by atoms with Crippen LogP contribution >= 0.6 is 11.8 Å². The van der Waals surface area contributed by atoms with E-state index in [9.17, 15) is 9.59 Å². The number of benzene rings is 1. The molecule has 178 valence electrons. The molecule has 33 heavy (non-hydrogen) atoms. The first-order valence-electron chi connectivity index (χ1n) is 11.7. The predicted octanol–water partition coefficient (Wildman–Crippen LogP) is 3.72. The van der Waals surface area contributed by atoms with E-state index in [1.165, 1.54) is 7.11 Å². The molecule has 2 aliphatic heterocycles. The lowest BCUT2D eigenvalue weighted by Gasteiger charge is -2.31. The summed E-state index contributed by atoms with van der Waals surface area (Å²) in [6.07, 6.45) is 4.22. The maximum atomic E-state index is 13.5. The summed E-state index contributed by atoms with van der Waals surface area (Å²) in [5, 5.41) is 4.68. The third-order valence-electron chi connectivity index (χ3n) is 6.64. The summed E-state index contributed by atoms with van der Waals surface area (Å²) >= 11 is 1.92. The Morgan fingerprint density at radius 1 is 1.24 bits per heavy atom. The summed E-state index contributed by atoms with van der Waals surface area (Å²) in [4.78, 5) is 27.1. The van der Waals surface area contributed by atoms with E-state index >= 15 is 0 Å². The zero-order valence-corrected chi connectivity index (χ0v) is 20.5. The molecule has 0 spiro atoms. The van der Waals surface area contributed by atoms with Crippen LogP contribution in [0.2, 0.25) is 0 Å². The van der Waals surface area contributed by atoms with Gasteiger partial charge in [-0.2, -0.15) is 16.9 Å². The number of carbonyl (C=O) groups is 2. The molecule has 2 unspecified atom stereocenters. The fraction of sp³-hybridized carbons (Fsp3) is 0.560. The fourth-order valence-corrected chi connectivity index (χ4v) is 5.93. The maximum Gasteiger partial charge on any atom is 0.305 e. The Hall–Kier alpha value is -2.32. The highest BCUT2D eigenvalue weighted by Gasteiger charge is 2.31. The van der Waals surface area contributed by atoms with Gasteiger partial charge in [-0.1, -0.05) is 0 Å². The van der Waals surface area contributed by atoms with Crippen LogP contribution < -0.4 is 0 Å². The normalized spacial score (nSPS) is 20.2. The van der Waals surface area contributed by atoms with Crippen molar-refractivity contribution in [1.29, 1.82) is 0 Å². The van der Waals surface area contributed by atoms with Crippen molar-refractivity contribution in [3.8, 4) is 5.69 Å². The molecular weight excluding hydrogens is 438 g/mol. The van der Waals surface area contributed by atoms with Gasteiger partial charge in [-0.3, -0.25) is 9.59 Å². The zero-order valence-electron chi connectivity index (χ0n) is 19.7. The Morgan fingerprint density at radius 3 is 2.67 bits per heavy atom. The summed E-state index contributed by atoms with van der Waals surface area (Å²) in [7, 11) is 1.40. The highest BCUT2D eigenvalue weighted by Crippen LogP contribution is 2.26. The number of hydrogen-bond donors (Lipinski definition) is 0. The van der Waals surface area contributed by atoms with Gasteiger partial charge >= 0.3 is 5.97 Å². The largest absolute Gasteiger partial charge is 0.469 e. The topological polar surface area (TPSA) is 73.7 Å². The van der Waals surface area contributed by atoms with E-state index in [0.717, 1.165) is 60.0 Å². The molecule has 1 aromatic carbocycles. The maximum absolute atomic E-state index is 13.5. The Balaban J connectivity index is 1.51. The number of amides is 1. The summed E-state index contributed by atoms with van der Waals surface area (Å²) in [6, 6.07) is 7.97. The van der Waals surface area contributed by atoms with Crippen molar-refractivity contribution in [2.45, 2.75) is 58.1 Å². The molecule has 7 nitrogen and oxygen atoms in total. The van der Waals surface area contributed by atoms with Crippen LogP contribution in [0.15, 0.2) is 24.3 Å². The number of carbonyl (C=O) groups excluding carboxylic acids is 2. The second kappa shape index (κ2) is 10.7. The number of aromatic nitrogens is 2. The van der Waals surface area contributed by atoms with Crippen LogP contribution in [0.25, 0.3) is 5.69 Å². The van der Waals surface area contributed by atoms with Gasteiger partial charge in [0.1, 0.15) is 0 Å². The van der Waals surface area contributed by atoms with Gasteiger partial charge < -0.3 is 14.4 Å². The molecule has 2 aliphatic rings. The Kier molecular flexibility index (Phi) is 7.75. The van der Waals surface area contributed by atoms with Gasteiger partial charge in [-0.05, 0) is 75.1 Å². The van der Waals surface area contributed by atoms with Crippen LogP contribution in [0.5, 0.6) is 0 Å². The van der Waals surface area contributed by atoms with Crippen LogP contribution in [-0.2, 0) is 20.7 Å². The van der Waals surface area contributed by atoms with Crippen molar-refractivity contribution in [2.75, 3.05) is 31.8 Å². The summed E-state index contributed by atoms with van der Waals surface area (Å²) in [5.74, 6) is 1.96. The SMILES string of the molecule is COC(=O)CCc1c(C)nn(-c2ccc(C(=O)N(CC3CCCO3)C3CCSC3)cc2)c1C. The highest BCUT2D eigenvalue weighted by molar-refractivity contribution is 7.99. The quantitative estimate of drug-likeness (QED) is 0.547. The van der Waals surface area contributed by atoms with Gasteiger partial charge in [-0.15, -0.1) is 0 Å². The first kappa shape index (κ1) is 23.8. The lowest BCUT2D eigenvalue weighted by Crippen LogP contribution is -2.44. The average molecular weight is 472 g/mol. The number of rotatable bonds is 8. The van der Waals surface area contributed by atoms with Gasteiger partial charge in [0.25, 0.3) is 5.91 Å². The molecule has 4 rings (SSSR count). The number of ether oxygens (including phenoxy) is 2. The lowest BCUT2D eigenvalue weighted by molar-refractivity contribution is -0.140. The van der Waals surface area contributed by atoms with Gasteiger partial charge in [-0.25, -0.2) is 4.68 Å². The van der Waals surface area contributed by atoms with E-state index in [2.05, 4.69) is 5.10 Å². The predicted molar refractivity (Wildman–Crippen MR) is 129 cm³/mol. The Morgan fingerprint density at radius 2 is 2.03 bits per heavy atom. The summed E-state index contributed by atoms with van der Waals surface area (Å²) in [6.45, 7) is 5.43. The second-order valence-electron chi connectivity index (χ2n) is 8.79. The minimum atomic E-state index is -0.224. The van der Waals surface area contributed by atoms with E-state index in [4.69, 9.17) is 9.47 Å². The van der Waals surface area contributed by atoms with Crippen LogP contribution in [0, 0.1) is 13.8 Å². The van der Waals surface area contributed by atoms with Crippen LogP contribution in [0.3, 0.4) is 0 Å². The molecule has 0 aliphatic carbocycles. The molecular formula is C25H33N3O4S. The Labute approximate surface area is 199 Å². The fourth-order valence-electron chi connectivity index (χ4n) is 4.70.